The average Bonchev–Trinajstić information content (AvgIpc) is 2.72. The van der Waals surface area contributed by atoms with Crippen molar-refractivity contribution in [3.63, 3.8) is 0 Å². The number of benzene rings is 1. The van der Waals surface area contributed by atoms with Crippen LogP contribution in [0.5, 0.6) is 0 Å². The number of hydrogen-bond donors (Lipinski definition) is 1. The molecule has 3 nitrogen and oxygen atoms in total. The second-order valence-electron chi connectivity index (χ2n) is 6.57. The Morgan fingerprint density at radius 3 is 2.60 bits per heavy atom. The van der Waals surface area contributed by atoms with Crippen LogP contribution in [0.1, 0.15) is 38.1 Å². The lowest BCUT2D eigenvalue weighted by Gasteiger charge is -2.22. The number of Topliss-reactive ketones (excluding diaryl/α,β-unsaturated/α-hetero) is 1. The van der Waals surface area contributed by atoms with Gasteiger partial charge in [-0.2, -0.15) is 0 Å². The van der Waals surface area contributed by atoms with Gasteiger partial charge in [-0.15, -0.1) is 0 Å². The Morgan fingerprint density at radius 1 is 1.30 bits per heavy atom. The fourth-order valence-corrected chi connectivity index (χ4v) is 2.36. The van der Waals surface area contributed by atoms with E-state index in [0.29, 0.717) is 6.54 Å². The minimum Gasteiger partial charge on any atom is -0.350 e. The van der Waals surface area contributed by atoms with E-state index in [1.165, 1.54) is 0 Å². The Bertz CT molecular complexity index is 619. The van der Waals surface area contributed by atoms with Gasteiger partial charge < -0.3 is 9.88 Å². The van der Waals surface area contributed by atoms with Gasteiger partial charge in [-0.1, -0.05) is 25.1 Å². The molecule has 2 rings (SSSR count). The Balaban J connectivity index is 2.23. The van der Waals surface area contributed by atoms with Crippen LogP contribution in [-0.4, -0.2) is 22.4 Å². The van der Waals surface area contributed by atoms with Crippen LogP contribution >= 0.6 is 0 Å². The van der Waals surface area contributed by atoms with Crippen LogP contribution in [-0.2, 0) is 7.05 Å². The summed E-state index contributed by atoms with van der Waals surface area (Å²) in [6.45, 7) is 9.03. The Kier molecular flexibility index (Phi) is 4.00. The van der Waals surface area contributed by atoms with Crippen LogP contribution < -0.4 is 5.32 Å². The van der Waals surface area contributed by atoms with E-state index in [9.17, 15) is 4.79 Å². The SMILES string of the molecule is CC(CNC(C)(C)C)C(=O)c1cn(C)c2ccccc12. The number of fused-ring (bicyclic) bond motifs is 1. The molecule has 0 bridgehead atoms. The molecule has 3 heteroatoms. The fourth-order valence-electron chi connectivity index (χ4n) is 2.36. The van der Waals surface area contributed by atoms with Gasteiger partial charge >= 0.3 is 0 Å². The van der Waals surface area contributed by atoms with Crippen LogP contribution in [0.2, 0.25) is 0 Å². The maximum atomic E-state index is 12.6. The molecule has 0 spiro atoms. The first-order chi connectivity index (χ1) is 9.29. The van der Waals surface area contributed by atoms with Crippen molar-refractivity contribution in [1.82, 2.24) is 9.88 Å². The van der Waals surface area contributed by atoms with E-state index in [-0.39, 0.29) is 17.2 Å². The van der Waals surface area contributed by atoms with Gasteiger partial charge in [0, 0.05) is 47.7 Å². The molecule has 108 valence electrons. The van der Waals surface area contributed by atoms with Gasteiger partial charge in [0.1, 0.15) is 0 Å². The van der Waals surface area contributed by atoms with Crippen LogP contribution in [0.25, 0.3) is 10.9 Å². The number of carbonyl (C=O) groups excluding carboxylic acids is 1. The molecular formula is C17H24N2O. The summed E-state index contributed by atoms with van der Waals surface area (Å²) < 4.78 is 2.02. The van der Waals surface area contributed by atoms with E-state index in [1.807, 2.05) is 49.0 Å². The highest BCUT2D eigenvalue weighted by Gasteiger charge is 2.21. The quantitative estimate of drug-likeness (QED) is 0.866. The largest absolute Gasteiger partial charge is 0.350 e. The predicted octanol–water partition coefficient (Wildman–Crippen LogP) is 3.39. The molecule has 0 saturated carbocycles. The Morgan fingerprint density at radius 2 is 1.95 bits per heavy atom. The van der Waals surface area contributed by atoms with Gasteiger partial charge in [0.25, 0.3) is 0 Å². The molecule has 0 aliphatic rings. The third kappa shape index (κ3) is 3.10. The highest BCUT2D eigenvalue weighted by molar-refractivity contribution is 6.09. The van der Waals surface area contributed by atoms with E-state index >= 15 is 0 Å². The van der Waals surface area contributed by atoms with E-state index in [0.717, 1.165) is 16.5 Å². The zero-order chi connectivity index (χ0) is 14.9. The molecule has 0 aliphatic heterocycles. The van der Waals surface area contributed by atoms with Crippen LogP contribution in [0, 0.1) is 5.92 Å². The minimum absolute atomic E-state index is 0.0277. The first-order valence-corrected chi connectivity index (χ1v) is 7.13. The van der Waals surface area contributed by atoms with Gasteiger partial charge in [-0.05, 0) is 26.8 Å². The topological polar surface area (TPSA) is 34.0 Å². The molecule has 0 fully saturated rings. The lowest BCUT2D eigenvalue weighted by molar-refractivity contribution is 0.0926. The van der Waals surface area contributed by atoms with Crippen molar-refractivity contribution in [2.45, 2.75) is 33.2 Å². The van der Waals surface area contributed by atoms with Crippen molar-refractivity contribution in [3.05, 3.63) is 36.0 Å². The number of aromatic nitrogens is 1. The number of carbonyl (C=O) groups is 1. The molecule has 0 amide bonds. The zero-order valence-electron chi connectivity index (χ0n) is 13.0. The molecule has 1 atom stereocenters. The predicted molar refractivity (Wildman–Crippen MR) is 84.2 cm³/mol. The summed E-state index contributed by atoms with van der Waals surface area (Å²) in [5.74, 6) is 0.179. The average molecular weight is 272 g/mol. The minimum atomic E-state index is -0.0277. The lowest BCUT2D eigenvalue weighted by Crippen LogP contribution is -2.40. The van der Waals surface area contributed by atoms with Crippen molar-refractivity contribution in [3.8, 4) is 0 Å². The third-order valence-electron chi connectivity index (χ3n) is 3.55. The van der Waals surface area contributed by atoms with Crippen molar-refractivity contribution in [2.24, 2.45) is 13.0 Å². The van der Waals surface area contributed by atoms with Crippen molar-refractivity contribution < 1.29 is 4.79 Å². The van der Waals surface area contributed by atoms with Gasteiger partial charge in [-0.3, -0.25) is 4.79 Å². The van der Waals surface area contributed by atoms with Gasteiger partial charge in [0.15, 0.2) is 5.78 Å². The zero-order valence-corrected chi connectivity index (χ0v) is 13.0. The monoisotopic (exact) mass is 272 g/mol. The summed E-state index contributed by atoms with van der Waals surface area (Å²) in [4.78, 5) is 12.6. The molecule has 1 heterocycles. The summed E-state index contributed by atoms with van der Waals surface area (Å²) in [6, 6.07) is 8.05. The van der Waals surface area contributed by atoms with Crippen molar-refractivity contribution >= 4 is 16.7 Å². The van der Waals surface area contributed by atoms with Crippen LogP contribution in [0.3, 0.4) is 0 Å². The molecule has 0 saturated heterocycles. The number of aryl methyl sites for hydroxylation is 1. The fraction of sp³-hybridized carbons (Fsp3) is 0.471. The number of para-hydroxylation sites is 1. The van der Waals surface area contributed by atoms with Gasteiger partial charge in [0.2, 0.25) is 0 Å². The normalized spacial score (nSPS) is 13.7. The molecular weight excluding hydrogens is 248 g/mol. The molecule has 0 aliphatic carbocycles. The maximum absolute atomic E-state index is 12.6. The molecule has 1 aromatic heterocycles. The van der Waals surface area contributed by atoms with Crippen molar-refractivity contribution in [1.29, 1.82) is 0 Å². The molecule has 1 N–H and O–H groups in total. The van der Waals surface area contributed by atoms with Gasteiger partial charge in [-0.25, -0.2) is 0 Å². The molecule has 1 unspecified atom stereocenters. The first kappa shape index (κ1) is 14.8. The van der Waals surface area contributed by atoms with Crippen LogP contribution in [0.4, 0.5) is 0 Å². The summed E-state index contributed by atoms with van der Waals surface area (Å²) in [6.07, 6.45) is 1.95. The first-order valence-electron chi connectivity index (χ1n) is 7.13. The lowest BCUT2D eigenvalue weighted by atomic mass is 9.97. The highest BCUT2D eigenvalue weighted by atomic mass is 16.1. The molecule has 0 radical (unpaired) electrons. The summed E-state index contributed by atoms with van der Waals surface area (Å²) in [5, 5.41) is 4.44. The summed E-state index contributed by atoms with van der Waals surface area (Å²) in [5.41, 5.74) is 1.96. The highest BCUT2D eigenvalue weighted by Crippen LogP contribution is 2.23. The summed E-state index contributed by atoms with van der Waals surface area (Å²) in [7, 11) is 1.98. The van der Waals surface area contributed by atoms with Crippen LogP contribution in [0.15, 0.2) is 30.5 Å². The number of nitrogens with zero attached hydrogens (tertiary/aromatic N) is 1. The second kappa shape index (κ2) is 5.41. The number of nitrogens with one attached hydrogen (secondary N) is 1. The smallest absolute Gasteiger partial charge is 0.169 e. The summed E-state index contributed by atoms with van der Waals surface area (Å²) >= 11 is 0. The van der Waals surface area contributed by atoms with E-state index in [2.05, 4.69) is 26.1 Å². The third-order valence-corrected chi connectivity index (χ3v) is 3.55. The molecule has 1 aromatic carbocycles. The number of rotatable bonds is 4. The van der Waals surface area contributed by atoms with Crippen molar-refractivity contribution in [2.75, 3.05) is 6.54 Å². The second-order valence-corrected chi connectivity index (χ2v) is 6.57. The number of hydrogen-bond acceptors (Lipinski definition) is 2. The standard InChI is InChI=1S/C17H24N2O/c1-12(10-18-17(2,3)4)16(20)14-11-19(5)15-9-7-6-8-13(14)15/h6-9,11-12,18H,10H2,1-5H3. The Hall–Kier alpha value is -1.61. The van der Waals surface area contributed by atoms with Gasteiger partial charge in [0.05, 0.1) is 0 Å². The maximum Gasteiger partial charge on any atom is 0.169 e. The van der Waals surface area contributed by atoms with E-state index in [1.54, 1.807) is 0 Å². The Labute approximate surface area is 121 Å². The molecule has 20 heavy (non-hydrogen) atoms. The van der Waals surface area contributed by atoms with E-state index < -0.39 is 0 Å². The molecule has 2 aromatic rings. The van der Waals surface area contributed by atoms with E-state index in [4.69, 9.17) is 0 Å². The number of ketones is 1.